The lowest BCUT2D eigenvalue weighted by Crippen LogP contribution is -2.11. The average Bonchev–Trinajstić information content (AvgIpc) is 3.36. The Morgan fingerprint density at radius 1 is 1.11 bits per heavy atom. The highest BCUT2D eigenvalue weighted by Crippen LogP contribution is 2.26. The molecule has 6 heteroatoms. The van der Waals surface area contributed by atoms with Crippen LogP contribution in [0.2, 0.25) is 4.34 Å². The van der Waals surface area contributed by atoms with Crippen molar-refractivity contribution >= 4 is 34.4 Å². The predicted octanol–water partition coefficient (Wildman–Crippen LogP) is 5.62. The van der Waals surface area contributed by atoms with Crippen LogP contribution in [-0.2, 0) is 4.84 Å². The number of hydrogen-bond donors (Lipinski definition) is 0. The lowest BCUT2D eigenvalue weighted by atomic mass is 9.98. The number of carbonyl (C=O) groups is 1. The van der Waals surface area contributed by atoms with Crippen molar-refractivity contribution in [1.29, 1.82) is 0 Å². The van der Waals surface area contributed by atoms with Gasteiger partial charge in [-0.1, -0.05) is 35.0 Å². The van der Waals surface area contributed by atoms with E-state index in [1.54, 1.807) is 24.5 Å². The van der Waals surface area contributed by atoms with Gasteiger partial charge in [-0.2, -0.15) is 0 Å². The number of Topliss-reactive ketones (excluding diaryl/α,β-unsaturated/α-hetero) is 1. The first-order chi connectivity index (χ1) is 13.2. The molecule has 136 valence electrons. The van der Waals surface area contributed by atoms with Gasteiger partial charge < -0.3 is 4.84 Å². The number of hydrogen-bond acceptors (Lipinski definition) is 5. The second-order valence-corrected chi connectivity index (χ2v) is 8.07. The number of oxime groups is 1. The zero-order valence-corrected chi connectivity index (χ0v) is 16.0. The summed E-state index contributed by atoms with van der Waals surface area (Å²) in [4.78, 5) is 22.5. The Morgan fingerprint density at radius 3 is 2.70 bits per heavy atom. The minimum Gasteiger partial charge on any atom is -0.392 e. The molecule has 1 aromatic carbocycles. The molecule has 4 nitrogen and oxygen atoms in total. The Hall–Kier alpha value is -2.50. The van der Waals surface area contributed by atoms with Gasteiger partial charge in [0, 0.05) is 30.8 Å². The number of thiophene rings is 1. The monoisotopic (exact) mass is 396 g/mol. The van der Waals surface area contributed by atoms with Crippen molar-refractivity contribution < 1.29 is 9.63 Å². The van der Waals surface area contributed by atoms with Crippen LogP contribution in [0.5, 0.6) is 0 Å². The molecule has 1 aliphatic rings. The maximum atomic E-state index is 12.2. The van der Waals surface area contributed by atoms with Crippen molar-refractivity contribution in [2.75, 3.05) is 0 Å². The van der Waals surface area contributed by atoms with E-state index >= 15 is 0 Å². The number of rotatable bonds is 6. The Labute approximate surface area is 166 Å². The fourth-order valence-corrected chi connectivity index (χ4v) is 4.07. The number of benzene rings is 1. The molecule has 1 unspecified atom stereocenters. The number of ketones is 1. The molecule has 0 aliphatic carbocycles. The fourth-order valence-electron chi connectivity index (χ4n) is 3.06. The molecule has 0 saturated carbocycles. The van der Waals surface area contributed by atoms with Crippen molar-refractivity contribution in [1.82, 2.24) is 4.98 Å². The molecule has 3 heterocycles. The van der Waals surface area contributed by atoms with Crippen LogP contribution >= 0.6 is 22.9 Å². The first-order valence-electron chi connectivity index (χ1n) is 8.71. The van der Waals surface area contributed by atoms with Gasteiger partial charge in [-0.15, -0.1) is 11.3 Å². The maximum Gasteiger partial charge on any atom is 0.172 e. The van der Waals surface area contributed by atoms with Crippen LogP contribution in [0.4, 0.5) is 0 Å². The second-order valence-electron chi connectivity index (χ2n) is 6.35. The smallest absolute Gasteiger partial charge is 0.172 e. The summed E-state index contributed by atoms with van der Waals surface area (Å²) >= 11 is 7.21. The summed E-state index contributed by atoms with van der Waals surface area (Å²) in [6.45, 7) is 0. The molecule has 3 aromatic rings. The second kappa shape index (κ2) is 8.03. The van der Waals surface area contributed by atoms with Gasteiger partial charge in [0.25, 0.3) is 0 Å². The first kappa shape index (κ1) is 17.9. The standard InChI is InChI=1S/C21H17ClN2O2S/c22-21-7-6-20(27-21)19(25)5-4-17-13-18(24-26-17)16-3-1-2-15(12-16)14-8-10-23-11-9-14/h1-3,6-12,17H,4-5,13H2. The van der Waals surface area contributed by atoms with Crippen LogP contribution in [0.15, 0.2) is 66.1 Å². The van der Waals surface area contributed by atoms with E-state index in [-0.39, 0.29) is 11.9 Å². The van der Waals surface area contributed by atoms with Crippen LogP contribution in [0.25, 0.3) is 11.1 Å². The predicted molar refractivity (Wildman–Crippen MR) is 109 cm³/mol. The van der Waals surface area contributed by atoms with Gasteiger partial charge in [-0.25, -0.2) is 0 Å². The lowest BCUT2D eigenvalue weighted by molar-refractivity contribution is 0.0720. The highest BCUT2D eigenvalue weighted by atomic mass is 35.5. The van der Waals surface area contributed by atoms with Crippen LogP contribution < -0.4 is 0 Å². The van der Waals surface area contributed by atoms with E-state index in [4.69, 9.17) is 16.4 Å². The third-order valence-corrected chi connectivity index (χ3v) is 5.76. The van der Waals surface area contributed by atoms with Crippen LogP contribution in [0, 0.1) is 0 Å². The highest BCUT2D eigenvalue weighted by molar-refractivity contribution is 7.18. The topological polar surface area (TPSA) is 51.5 Å². The zero-order chi connectivity index (χ0) is 18.6. The molecule has 4 rings (SSSR count). The Bertz CT molecular complexity index is 985. The summed E-state index contributed by atoms with van der Waals surface area (Å²) in [5, 5.41) is 4.25. The summed E-state index contributed by atoms with van der Waals surface area (Å²) in [6, 6.07) is 15.7. The van der Waals surface area contributed by atoms with Gasteiger partial charge in [0.05, 0.1) is 14.9 Å². The lowest BCUT2D eigenvalue weighted by Gasteiger charge is -2.07. The average molecular weight is 397 g/mol. The van der Waals surface area contributed by atoms with Gasteiger partial charge in [0.15, 0.2) is 5.78 Å². The molecule has 0 bridgehead atoms. The molecule has 2 aromatic heterocycles. The number of nitrogens with zero attached hydrogens (tertiary/aromatic N) is 2. The van der Waals surface area contributed by atoms with E-state index in [9.17, 15) is 4.79 Å². The first-order valence-corrected chi connectivity index (χ1v) is 9.90. The molecule has 27 heavy (non-hydrogen) atoms. The Kier molecular flexibility index (Phi) is 5.32. The van der Waals surface area contributed by atoms with E-state index in [0.717, 1.165) is 22.4 Å². The number of carbonyl (C=O) groups excluding carboxylic acids is 1. The number of halogens is 1. The molecular formula is C21H17ClN2O2S. The Morgan fingerprint density at radius 2 is 1.93 bits per heavy atom. The normalized spacial score (nSPS) is 16.0. The summed E-state index contributed by atoms with van der Waals surface area (Å²) in [5.41, 5.74) is 4.19. The summed E-state index contributed by atoms with van der Waals surface area (Å²) in [5.74, 6) is 0.101. The number of pyridine rings is 1. The van der Waals surface area contributed by atoms with Crippen molar-refractivity contribution in [3.8, 4) is 11.1 Å². The summed E-state index contributed by atoms with van der Waals surface area (Å²) < 4.78 is 0.634. The summed E-state index contributed by atoms with van der Waals surface area (Å²) in [7, 11) is 0. The summed E-state index contributed by atoms with van der Waals surface area (Å²) in [6.07, 6.45) is 5.28. The minimum atomic E-state index is -0.0658. The van der Waals surface area contributed by atoms with Crippen molar-refractivity contribution in [2.24, 2.45) is 5.16 Å². The quantitative estimate of drug-likeness (QED) is 0.508. The molecule has 1 atom stereocenters. The molecule has 0 fully saturated rings. The Balaban J connectivity index is 1.37. The zero-order valence-electron chi connectivity index (χ0n) is 14.5. The van der Waals surface area contributed by atoms with Gasteiger partial charge in [0.1, 0.15) is 6.10 Å². The molecule has 1 aliphatic heterocycles. The fraction of sp³-hybridized carbons (Fsp3) is 0.190. The van der Waals surface area contributed by atoms with E-state index in [2.05, 4.69) is 22.3 Å². The third kappa shape index (κ3) is 4.26. The van der Waals surface area contributed by atoms with Crippen molar-refractivity contribution in [3.05, 3.63) is 75.7 Å². The molecule has 0 saturated heterocycles. The van der Waals surface area contributed by atoms with Gasteiger partial charge in [-0.05, 0) is 47.9 Å². The van der Waals surface area contributed by atoms with E-state index in [0.29, 0.717) is 28.5 Å². The van der Waals surface area contributed by atoms with Crippen LogP contribution in [0.3, 0.4) is 0 Å². The van der Waals surface area contributed by atoms with E-state index in [1.165, 1.54) is 11.3 Å². The van der Waals surface area contributed by atoms with Gasteiger partial charge >= 0.3 is 0 Å². The van der Waals surface area contributed by atoms with Crippen molar-refractivity contribution in [3.63, 3.8) is 0 Å². The third-order valence-electron chi connectivity index (χ3n) is 4.48. The molecule has 0 radical (unpaired) electrons. The number of aromatic nitrogens is 1. The molecule has 0 spiro atoms. The van der Waals surface area contributed by atoms with Crippen molar-refractivity contribution in [2.45, 2.75) is 25.4 Å². The van der Waals surface area contributed by atoms with E-state index in [1.807, 2.05) is 24.3 Å². The SMILES string of the molecule is O=C(CCC1CC(c2cccc(-c3ccncc3)c2)=NO1)c1ccc(Cl)s1. The minimum absolute atomic E-state index is 0.0658. The highest BCUT2D eigenvalue weighted by Gasteiger charge is 2.23. The van der Waals surface area contributed by atoms with Crippen LogP contribution in [0.1, 0.15) is 34.5 Å². The molecule has 0 N–H and O–H groups in total. The van der Waals surface area contributed by atoms with Gasteiger partial charge in [-0.3, -0.25) is 9.78 Å². The molecular weight excluding hydrogens is 380 g/mol. The maximum absolute atomic E-state index is 12.2. The van der Waals surface area contributed by atoms with E-state index < -0.39 is 0 Å². The molecule has 0 amide bonds. The largest absolute Gasteiger partial charge is 0.392 e. The van der Waals surface area contributed by atoms with Gasteiger partial charge in [0.2, 0.25) is 0 Å². The van der Waals surface area contributed by atoms with Crippen LogP contribution in [-0.4, -0.2) is 22.6 Å².